The van der Waals surface area contributed by atoms with Crippen molar-refractivity contribution >= 4 is 20.0 Å². The first-order valence-electron chi connectivity index (χ1n) is 7.79. The highest BCUT2D eigenvalue weighted by molar-refractivity contribution is 6.80. The maximum absolute atomic E-state index is 12.4. The molecule has 0 spiro atoms. The average molecular weight is 312 g/mol. The van der Waals surface area contributed by atoms with Gasteiger partial charge in [-0.05, 0) is 19.8 Å². The van der Waals surface area contributed by atoms with Crippen LogP contribution < -0.4 is 0 Å². The number of carbonyl (C=O) groups is 2. The highest BCUT2D eigenvalue weighted by Gasteiger charge is 2.74. The molecule has 0 bridgehead atoms. The van der Waals surface area contributed by atoms with E-state index in [4.69, 9.17) is 9.47 Å². The third-order valence-electron chi connectivity index (χ3n) is 3.90. The van der Waals surface area contributed by atoms with Gasteiger partial charge in [0.1, 0.15) is 0 Å². The van der Waals surface area contributed by atoms with Crippen molar-refractivity contribution in [2.24, 2.45) is 17.3 Å². The lowest BCUT2D eigenvalue weighted by molar-refractivity contribution is -0.165. The van der Waals surface area contributed by atoms with Crippen molar-refractivity contribution in [1.29, 1.82) is 0 Å². The standard InChI is InChI=1S/C16H28O4Si/c1-7-12-13(10-11-21(4,5)6)16(12,14(17)19-8-2)15(18)20-9-3/h10-13H,7-9H2,1-6H3/b11-10+/t12-,13-/m0/s1. The minimum absolute atomic E-state index is 0.0109. The number of allylic oxidation sites excluding steroid dienone is 1. The number of hydrogen-bond acceptors (Lipinski definition) is 4. The number of hydrogen-bond donors (Lipinski definition) is 0. The molecule has 1 aliphatic carbocycles. The van der Waals surface area contributed by atoms with Crippen molar-refractivity contribution < 1.29 is 19.1 Å². The Balaban J connectivity index is 3.09. The lowest BCUT2D eigenvalue weighted by Gasteiger charge is -2.15. The summed E-state index contributed by atoms with van der Waals surface area (Å²) in [6.45, 7) is 12.7. The van der Waals surface area contributed by atoms with E-state index in [0.717, 1.165) is 6.42 Å². The second-order valence-electron chi connectivity index (χ2n) is 6.58. The monoisotopic (exact) mass is 312 g/mol. The highest BCUT2D eigenvalue weighted by Crippen LogP contribution is 2.62. The molecule has 0 aromatic rings. The van der Waals surface area contributed by atoms with E-state index in [1.165, 1.54) is 0 Å². The third-order valence-corrected chi connectivity index (χ3v) is 5.10. The zero-order valence-corrected chi connectivity index (χ0v) is 15.1. The second kappa shape index (κ2) is 6.77. The van der Waals surface area contributed by atoms with Gasteiger partial charge in [0.25, 0.3) is 0 Å². The predicted octanol–water partition coefficient (Wildman–Crippen LogP) is 3.19. The van der Waals surface area contributed by atoms with Gasteiger partial charge in [-0.3, -0.25) is 9.59 Å². The summed E-state index contributed by atoms with van der Waals surface area (Å²) < 4.78 is 10.3. The topological polar surface area (TPSA) is 52.6 Å². The first kappa shape index (κ1) is 17.9. The van der Waals surface area contributed by atoms with Crippen molar-refractivity contribution in [2.75, 3.05) is 13.2 Å². The molecule has 0 aliphatic heterocycles. The lowest BCUT2D eigenvalue weighted by atomic mass is 10.0. The predicted molar refractivity (Wildman–Crippen MR) is 85.5 cm³/mol. The van der Waals surface area contributed by atoms with Gasteiger partial charge in [0.05, 0.1) is 21.3 Å². The van der Waals surface area contributed by atoms with Crippen molar-refractivity contribution in [3.05, 3.63) is 11.8 Å². The van der Waals surface area contributed by atoms with Gasteiger partial charge >= 0.3 is 11.9 Å². The minimum atomic E-state index is -1.38. The van der Waals surface area contributed by atoms with E-state index in [-0.39, 0.29) is 25.0 Å². The molecule has 1 saturated carbocycles. The Kier molecular flexibility index (Phi) is 5.79. The fourth-order valence-electron chi connectivity index (χ4n) is 2.90. The van der Waals surface area contributed by atoms with Crippen LogP contribution in [0, 0.1) is 17.3 Å². The Hall–Kier alpha value is -1.10. The van der Waals surface area contributed by atoms with E-state index in [9.17, 15) is 9.59 Å². The van der Waals surface area contributed by atoms with Gasteiger partial charge in [-0.15, -0.1) is 0 Å². The quantitative estimate of drug-likeness (QED) is 0.411. The molecule has 0 aromatic carbocycles. The van der Waals surface area contributed by atoms with Crippen LogP contribution in [0.3, 0.4) is 0 Å². The molecule has 21 heavy (non-hydrogen) atoms. The molecule has 1 fully saturated rings. The summed E-state index contributed by atoms with van der Waals surface area (Å²) in [4.78, 5) is 24.8. The Labute approximate surface area is 128 Å². The van der Waals surface area contributed by atoms with E-state index in [1.807, 2.05) is 13.0 Å². The molecule has 0 heterocycles. The summed E-state index contributed by atoms with van der Waals surface area (Å²) >= 11 is 0. The normalized spacial score (nSPS) is 23.9. The molecule has 120 valence electrons. The van der Waals surface area contributed by atoms with Crippen LogP contribution in [-0.4, -0.2) is 33.2 Å². The second-order valence-corrected chi connectivity index (χ2v) is 11.6. The molecule has 0 N–H and O–H groups in total. The van der Waals surface area contributed by atoms with E-state index < -0.39 is 25.4 Å². The van der Waals surface area contributed by atoms with Gasteiger partial charge < -0.3 is 9.47 Å². The average Bonchev–Trinajstić information content (AvgIpc) is 3.05. The summed E-state index contributed by atoms with van der Waals surface area (Å²) in [5.41, 5.74) is 1.08. The van der Waals surface area contributed by atoms with Gasteiger partial charge in [0.15, 0.2) is 5.41 Å². The summed E-state index contributed by atoms with van der Waals surface area (Å²) in [7, 11) is -1.38. The number of rotatable bonds is 7. The molecule has 4 nitrogen and oxygen atoms in total. The first-order chi connectivity index (χ1) is 9.75. The molecule has 0 radical (unpaired) electrons. The zero-order chi connectivity index (χ0) is 16.3. The van der Waals surface area contributed by atoms with Crippen LogP contribution in [-0.2, 0) is 19.1 Å². The smallest absolute Gasteiger partial charge is 0.324 e. The van der Waals surface area contributed by atoms with Crippen LogP contribution in [0.1, 0.15) is 27.2 Å². The maximum Gasteiger partial charge on any atom is 0.324 e. The first-order valence-corrected chi connectivity index (χ1v) is 11.4. The number of carbonyl (C=O) groups excluding carboxylic acids is 2. The lowest BCUT2D eigenvalue weighted by Crippen LogP contribution is -2.33. The fraction of sp³-hybridized carbons (Fsp3) is 0.750. The van der Waals surface area contributed by atoms with Gasteiger partial charge in [-0.25, -0.2) is 0 Å². The molecule has 2 atom stereocenters. The van der Waals surface area contributed by atoms with Crippen LogP contribution in [0.4, 0.5) is 0 Å². The molecule has 0 aromatic heterocycles. The molecule has 0 amide bonds. The summed E-state index contributed by atoms with van der Waals surface area (Å²) in [5, 5.41) is 0. The van der Waals surface area contributed by atoms with Gasteiger partial charge in [0.2, 0.25) is 0 Å². The van der Waals surface area contributed by atoms with Gasteiger partial charge in [-0.1, -0.05) is 44.8 Å². The SMILES string of the molecule is CCOC(=O)C1(C(=O)OCC)[C@@H](/C=C/[Si](C)(C)C)[C@@H]1CC. The highest BCUT2D eigenvalue weighted by atomic mass is 28.3. The Morgan fingerprint density at radius 3 is 1.86 bits per heavy atom. The van der Waals surface area contributed by atoms with Crippen LogP contribution in [0.15, 0.2) is 11.8 Å². The molecule has 5 heteroatoms. The van der Waals surface area contributed by atoms with E-state index in [0.29, 0.717) is 0 Å². The molecular formula is C16H28O4Si. The number of ether oxygens (including phenoxy) is 2. The van der Waals surface area contributed by atoms with Crippen molar-refractivity contribution in [2.45, 2.75) is 46.8 Å². The van der Waals surface area contributed by atoms with Crippen LogP contribution >= 0.6 is 0 Å². The van der Waals surface area contributed by atoms with E-state index in [2.05, 4.69) is 25.3 Å². The van der Waals surface area contributed by atoms with Crippen molar-refractivity contribution in [3.8, 4) is 0 Å². The number of esters is 2. The van der Waals surface area contributed by atoms with E-state index >= 15 is 0 Å². The van der Waals surface area contributed by atoms with Crippen LogP contribution in [0.2, 0.25) is 19.6 Å². The summed E-state index contributed by atoms with van der Waals surface area (Å²) in [6, 6.07) is 0. The maximum atomic E-state index is 12.4. The van der Waals surface area contributed by atoms with Crippen LogP contribution in [0.25, 0.3) is 0 Å². The minimum Gasteiger partial charge on any atom is -0.465 e. The third kappa shape index (κ3) is 3.57. The molecule has 1 rings (SSSR count). The van der Waals surface area contributed by atoms with Crippen molar-refractivity contribution in [3.63, 3.8) is 0 Å². The summed E-state index contributed by atoms with van der Waals surface area (Å²) in [6.07, 6.45) is 2.81. The Morgan fingerprint density at radius 2 is 1.52 bits per heavy atom. The van der Waals surface area contributed by atoms with E-state index in [1.54, 1.807) is 13.8 Å². The van der Waals surface area contributed by atoms with Crippen molar-refractivity contribution in [1.82, 2.24) is 0 Å². The fourth-order valence-corrected chi connectivity index (χ4v) is 3.69. The zero-order valence-electron chi connectivity index (χ0n) is 14.1. The molecule has 0 saturated heterocycles. The molecule has 1 aliphatic rings. The Morgan fingerprint density at radius 1 is 1.05 bits per heavy atom. The summed E-state index contributed by atoms with van der Waals surface area (Å²) in [5.74, 6) is -0.962. The van der Waals surface area contributed by atoms with Crippen LogP contribution in [0.5, 0.6) is 0 Å². The Bertz CT molecular complexity index is 404. The molecular weight excluding hydrogens is 284 g/mol. The molecule has 0 unspecified atom stereocenters. The van der Waals surface area contributed by atoms with Gasteiger partial charge in [-0.2, -0.15) is 0 Å². The largest absolute Gasteiger partial charge is 0.465 e. The van der Waals surface area contributed by atoms with Gasteiger partial charge in [0, 0.05) is 5.92 Å².